The van der Waals surface area contributed by atoms with Crippen LogP contribution in [0.4, 0.5) is 0 Å². The average Bonchev–Trinajstić information content (AvgIpc) is 3.28. The average molecular weight is 274 g/mol. The first-order valence-electron chi connectivity index (χ1n) is 7.07. The van der Waals surface area contributed by atoms with Gasteiger partial charge in [0.05, 0.1) is 11.6 Å². The van der Waals surface area contributed by atoms with Gasteiger partial charge < -0.3 is 15.2 Å². The van der Waals surface area contributed by atoms with E-state index in [1.165, 1.54) is 12.8 Å². The summed E-state index contributed by atoms with van der Waals surface area (Å²) < 4.78 is 5.51. The Kier molecular flexibility index (Phi) is 4.64. The molecule has 4 nitrogen and oxygen atoms in total. The predicted molar refractivity (Wildman–Crippen MR) is 77.5 cm³/mol. The summed E-state index contributed by atoms with van der Waals surface area (Å²) in [5.74, 6) is 1.34. The highest BCUT2D eigenvalue weighted by Gasteiger charge is 2.37. The first-order chi connectivity index (χ1) is 9.51. The van der Waals surface area contributed by atoms with Crippen molar-refractivity contribution in [3.05, 3.63) is 29.8 Å². The van der Waals surface area contributed by atoms with Crippen LogP contribution in [-0.2, 0) is 0 Å². The van der Waals surface area contributed by atoms with E-state index in [9.17, 15) is 5.11 Å². The molecule has 108 valence electrons. The normalized spacial score (nSPS) is 16.5. The second kappa shape index (κ2) is 6.25. The molecule has 1 aromatic rings. The van der Waals surface area contributed by atoms with Crippen molar-refractivity contribution in [3.8, 4) is 11.8 Å². The van der Waals surface area contributed by atoms with Crippen LogP contribution in [0, 0.1) is 17.2 Å². The number of aliphatic hydroxyl groups is 1. The topological polar surface area (TPSA) is 65.3 Å². The molecule has 0 heterocycles. The third-order valence-electron chi connectivity index (χ3n) is 3.80. The second-order valence-electron chi connectivity index (χ2n) is 5.98. The molecule has 0 radical (unpaired) electrons. The van der Waals surface area contributed by atoms with Crippen molar-refractivity contribution in [1.29, 1.82) is 5.26 Å². The third-order valence-corrected chi connectivity index (χ3v) is 3.80. The van der Waals surface area contributed by atoms with Gasteiger partial charge >= 0.3 is 0 Å². The Morgan fingerprint density at radius 1 is 1.50 bits per heavy atom. The molecule has 1 unspecified atom stereocenters. The van der Waals surface area contributed by atoms with E-state index in [0.29, 0.717) is 17.9 Å². The van der Waals surface area contributed by atoms with Gasteiger partial charge in [-0.15, -0.1) is 0 Å². The SMILES string of the molecule is CC(C)(NCC(O)COc1cccc(C#N)c1)C1CC1. The van der Waals surface area contributed by atoms with Crippen molar-refractivity contribution in [1.82, 2.24) is 5.32 Å². The minimum absolute atomic E-state index is 0.0850. The number of β-amino-alcohol motifs (C(OH)–C–C–N with tert-alkyl or cyclic N) is 1. The van der Waals surface area contributed by atoms with Crippen molar-refractivity contribution >= 4 is 0 Å². The quantitative estimate of drug-likeness (QED) is 0.799. The third kappa shape index (κ3) is 4.22. The van der Waals surface area contributed by atoms with E-state index < -0.39 is 6.10 Å². The Morgan fingerprint density at radius 3 is 2.90 bits per heavy atom. The van der Waals surface area contributed by atoms with E-state index in [1.54, 1.807) is 24.3 Å². The Bertz CT molecular complexity index is 489. The molecule has 1 fully saturated rings. The molecule has 2 rings (SSSR count). The summed E-state index contributed by atoms with van der Waals surface area (Å²) in [5.41, 5.74) is 0.645. The molecule has 0 aromatic heterocycles. The van der Waals surface area contributed by atoms with Gasteiger partial charge in [-0.1, -0.05) is 6.07 Å². The number of nitrogens with one attached hydrogen (secondary N) is 1. The first kappa shape index (κ1) is 14.8. The maximum atomic E-state index is 9.95. The Labute approximate surface area is 120 Å². The number of rotatable bonds is 7. The molecule has 0 bridgehead atoms. The summed E-state index contributed by atoms with van der Waals surface area (Å²) in [4.78, 5) is 0. The smallest absolute Gasteiger partial charge is 0.120 e. The number of nitrogens with zero attached hydrogens (tertiary/aromatic N) is 1. The van der Waals surface area contributed by atoms with Crippen LogP contribution in [0.15, 0.2) is 24.3 Å². The zero-order valence-corrected chi connectivity index (χ0v) is 12.1. The maximum absolute atomic E-state index is 9.95. The molecule has 1 aromatic carbocycles. The summed E-state index contributed by atoms with van der Waals surface area (Å²) >= 11 is 0. The number of ether oxygens (including phenoxy) is 1. The molecule has 2 N–H and O–H groups in total. The first-order valence-corrected chi connectivity index (χ1v) is 7.07. The summed E-state index contributed by atoms with van der Waals surface area (Å²) in [6.07, 6.45) is 1.99. The highest BCUT2D eigenvalue weighted by molar-refractivity contribution is 5.36. The fraction of sp³-hybridized carbons (Fsp3) is 0.562. The van der Waals surface area contributed by atoms with Gasteiger partial charge in [-0.3, -0.25) is 0 Å². The van der Waals surface area contributed by atoms with Gasteiger partial charge in [0.25, 0.3) is 0 Å². The van der Waals surface area contributed by atoms with Crippen LogP contribution in [0.1, 0.15) is 32.3 Å². The van der Waals surface area contributed by atoms with Gasteiger partial charge in [-0.05, 0) is 50.8 Å². The minimum Gasteiger partial charge on any atom is -0.491 e. The Hall–Kier alpha value is -1.57. The molecule has 20 heavy (non-hydrogen) atoms. The fourth-order valence-corrected chi connectivity index (χ4v) is 2.24. The molecular formula is C16H22N2O2. The summed E-state index contributed by atoms with van der Waals surface area (Å²) in [7, 11) is 0. The van der Waals surface area contributed by atoms with Crippen LogP contribution in [-0.4, -0.2) is 29.9 Å². The lowest BCUT2D eigenvalue weighted by atomic mass is 9.98. The summed E-state index contributed by atoms with van der Waals surface area (Å²) in [5, 5.41) is 22.2. The van der Waals surface area contributed by atoms with Crippen LogP contribution < -0.4 is 10.1 Å². The monoisotopic (exact) mass is 274 g/mol. The molecule has 1 aliphatic rings. The molecule has 1 atom stereocenters. The Balaban J connectivity index is 1.74. The number of aliphatic hydroxyl groups excluding tert-OH is 1. The second-order valence-corrected chi connectivity index (χ2v) is 5.98. The lowest BCUT2D eigenvalue weighted by Crippen LogP contribution is -2.46. The zero-order chi connectivity index (χ0) is 14.6. The molecule has 1 aliphatic carbocycles. The molecular weight excluding hydrogens is 252 g/mol. The van der Waals surface area contributed by atoms with Crippen molar-refractivity contribution in [2.24, 2.45) is 5.92 Å². The maximum Gasteiger partial charge on any atom is 0.120 e. The number of hydrogen-bond acceptors (Lipinski definition) is 4. The van der Waals surface area contributed by atoms with Gasteiger partial charge in [-0.25, -0.2) is 0 Å². The van der Waals surface area contributed by atoms with Gasteiger partial charge in [0.15, 0.2) is 0 Å². The molecule has 0 aliphatic heterocycles. The van der Waals surface area contributed by atoms with Crippen molar-refractivity contribution in [2.75, 3.05) is 13.2 Å². The number of benzene rings is 1. The van der Waals surface area contributed by atoms with E-state index in [-0.39, 0.29) is 12.1 Å². The summed E-state index contributed by atoms with van der Waals surface area (Å²) in [6, 6.07) is 9.02. The van der Waals surface area contributed by atoms with Crippen LogP contribution in [0.3, 0.4) is 0 Å². The van der Waals surface area contributed by atoms with Crippen molar-refractivity contribution in [3.63, 3.8) is 0 Å². The lowest BCUT2D eigenvalue weighted by Gasteiger charge is -2.27. The van der Waals surface area contributed by atoms with Gasteiger partial charge in [0.2, 0.25) is 0 Å². The molecule has 0 amide bonds. The standard InChI is InChI=1S/C16H22N2O2/c1-16(2,13-6-7-13)18-10-14(19)11-20-15-5-3-4-12(8-15)9-17/h3-5,8,13-14,18-19H,6-7,10-11H2,1-2H3. The van der Waals surface area contributed by atoms with Crippen LogP contribution in [0.2, 0.25) is 0 Å². The van der Waals surface area contributed by atoms with Crippen LogP contribution >= 0.6 is 0 Å². The van der Waals surface area contributed by atoms with E-state index in [1.807, 2.05) is 0 Å². The van der Waals surface area contributed by atoms with Gasteiger partial charge in [-0.2, -0.15) is 5.26 Å². The van der Waals surface area contributed by atoms with E-state index in [0.717, 1.165) is 5.92 Å². The Morgan fingerprint density at radius 2 is 2.25 bits per heavy atom. The molecule has 0 saturated heterocycles. The summed E-state index contributed by atoms with van der Waals surface area (Å²) in [6.45, 7) is 5.09. The highest BCUT2D eigenvalue weighted by Crippen LogP contribution is 2.39. The molecule has 1 saturated carbocycles. The van der Waals surface area contributed by atoms with E-state index >= 15 is 0 Å². The van der Waals surface area contributed by atoms with Crippen LogP contribution in [0.25, 0.3) is 0 Å². The largest absolute Gasteiger partial charge is 0.491 e. The van der Waals surface area contributed by atoms with Crippen molar-refractivity contribution in [2.45, 2.75) is 38.3 Å². The molecule has 4 heteroatoms. The zero-order valence-electron chi connectivity index (χ0n) is 12.1. The fourth-order valence-electron chi connectivity index (χ4n) is 2.24. The van der Waals surface area contributed by atoms with E-state index in [2.05, 4.69) is 25.2 Å². The number of nitriles is 1. The van der Waals surface area contributed by atoms with E-state index in [4.69, 9.17) is 10.00 Å². The van der Waals surface area contributed by atoms with Crippen LogP contribution in [0.5, 0.6) is 5.75 Å². The number of hydrogen-bond donors (Lipinski definition) is 2. The van der Waals surface area contributed by atoms with Gasteiger partial charge in [0, 0.05) is 12.1 Å². The predicted octanol–water partition coefficient (Wildman–Crippen LogP) is 2.08. The van der Waals surface area contributed by atoms with Gasteiger partial charge in [0.1, 0.15) is 18.5 Å². The molecule has 0 spiro atoms. The lowest BCUT2D eigenvalue weighted by molar-refractivity contribution is 0.0970. The highest BCUT2D eigenvalue weighted by atomic mass is 16.5. The van der Waals surface area contributed by atoms with Crippen molar-refractivity contribution < 1.29 is 9.84 Å². The minimum atomic E-state index is -0.557.